The Morgan fingerprint density at radius 2 is 1.97 bits per heavy atom. The van der Waals surface area contributed by atoms with Crippen LogP contribution in [-0.2, 0) is 14.8 Å². The molecule has 0 radical (unpaired) electrons. The van der Waals surface area contributed by atoms with Crippen LogP contribution in [0.3, 0.4) is 0 Å². The fourth-order valence-electron chi connectivity index (χ4n) is 2.23. The van der Waals surface area contributed by atoms with Crippen molar-refractivity contribution in [3.05, 3.63) is 62.1 Å². The SMILES string of the molecule is COc1ccc(S(=O)(=O)N(C)CC(=O)N/N=C/c2cc([N+](=O)[O-])ccc2Cl)cc1Cl. The number of halogens is 2. The number of sulfonamides is 1. The van der Waals surface area contributed by atoms with Crippen LogP contribution in [0.1, 0.15) is 5.56 Å². The summed E-state index contributed by atoms with van der Waals surface area (Å²) in [6.45, 7) is -0.536. The molecule has 13 heteroatoms. The molecule has 0 aliphatic heterocycles. The molecule has 1 amide bonds. The molecule has 0 unspecified atom stereocenters. The lowest BCUT2D eigenvalue weighted by Crippen LogP contribution is -2.36. The lowest BCUT2D eigenvalue weighted by atomic mass is 10.2. The van der Waals surface area contributed by atoms with Crippen molar-refractivity contribution in [1.29, 1.82) is 0 Å². The van der Waals surface area contributed by atoms with Gasteiger partial charge in [-0.05, 0) is 24.3 Å². The fraction of sp³-hybridized carbons (Fsp3) is 0.176. The van der Waals surface area contributed by atoms with E-state index < -0.39 is 27.4 Å². The molecule has 2 aromatic rings. The highest BCUT2D eigenvalue weighted by Gasteiger charge is 2.24. The first-order valence-corrected chi connectivity index (χ1v) is 10.3. The summed E-state index contributed by atoms with van der Waals surface area (Å²) in [7, 11) is -1.38. The average molecular weight is 475 g/mol. The number of nitrogens with one attached hydrogen (secondary N) is 1. The maximum Gasteiger partial charge on any atom is 0.270 e. The molecule has 2 rings (SSSR count). The number of non-ortho nitro benzene ring substituents is 1. The van der Waals surface area contributed by atoms with Crippen LogP contribution in [0, 0.1) is 10.1 Å². The largest absolute Gasteiger partial charge is 0.495 e. The normalized spacial score (nSPS) is 11.6. The Bertz CT molecular complexity index is 1110. The second-order valence-corrected chi connectivity index (χ2v) is 8.67. The molecule has 0 aliphatic rings. The number of methoxy groups -OCH3 is 1. The number of benzene rings is 2. The summed E-state index contributed by atoms with van der Waals surface area (Å²) < 4.78 is 31.0. The average Bonchev–Trinajstić information content (AvgIpc) is 2.68. The number of rotatable bonds is 8. The number of nitro groups is 1. The van der Waals surface area contributed by atoms with E-state index in [1.807, 2.05) is 0 Å². The van der Waals surface area contributed by atoms with Crippen molar-refractivity contribution in [3.8, 4) is 5.75 Å². The van der Waals surface area contributed by atoms with Gasteiger partial charge < -0.3 is 4.74 Å². The van der Waals surface area contributed by atoms with E-state index in [1.54, 1.807) is 0 Å². The minimum atomic E-state index is -4.00. The number of hydrogen-bond acceptors (Lipinski definition) is 7. The van der Waals surface area contributed by atoms with Gasteiger partial charge in [0.2, 0.25) is 10.0 Å². The quantitative estimate of drug-likeness (QED) is 0.355. The standard InChI is InChI=1S/C17H16Cl2N4O6S/c1-22(30(27,28)13-4-6-16(29-2)15(19)8-13)10-17(24)21-20-9-11-7-12(23(25)26)3-5-14(11)18/h3-9H,10H2,1-2H3,(H,21,24)/b20-9+. The maximum absolute atomic E-state index is 12.6. The van der Waals surface area contributed by atoms with Crippen LogP contribution in [0.15, 0.2) is 46.4 Å². The Morgan fingerprint density at radius 1 is 1.27 bits per heavy atom. The third-order valence-corrected chi connectivity index (χ3v) is 6.22. The smallest absolute Gasteiger partial charge is 0.270 e. The zero-order valence-electron chi connectivity index (χ0n) is 15.7. The van der Waals surface area contributed by atoms with Crippen LogP contribution in [-0.4, -0.2) is 50.5 Å². The molecule has 1 N–H and O–H groups in total. The number of likely N-dealkylation sites (N-methyl/N-ethyl adjacent to an activating group) is 1. The molecule has 0 spiro atoms. The Morgan fingerprint density at radius 3 is 2.57 bits per heavy atom. The van der Waals surface area contributed by atoms with Gasteiger partial charge in [-0.25, -0.2) is 13.8 Å². The number of carbonyl (C=O) groups is 1. The Labute approximate surface area is 182 Å². The van der Waals surface area contributed by atoms with Crippen LogP contribution >= 0.6 is 23.2 Å². The maximum atomic E-state index is 12.6. The van der Waals surface area contributed by atoms with E-state index in [2.05, 4.69) is 10.5 Å². The highest BCUT2D eigenvalue weighted by Crippen LogP contribution is 2.28. The molecule has 30 heavy (non-hydrogen) atoms. The van der Waals surface area contributed by atoms with Crippen molar-refractivity contribution < 1.29 is 22.9 Å². The first kappa shape index (κ1) is 23.5. The molecule has 0 saturated carbocycles. The predicted octanol–water partition coefficient (Wildman–Crippen LogP) is 2.68. The molecule has 0 saturated heterocycles. The zero-order chi connectivity index (χ0) is 22.5. The Balaban J connectivity index is 2.05. The molecule has 0 aliphatic carbocycles. The minimum Gasteiger partial charge on any atom is -0.495 e. The Kier molecular flexibility index (Phi) is 7.73. The summed E-state index contributed by atoms with van der Waals surface area (Å²) >= 11 is 11.9. The lowest BCUT2D eigenvalue weighted by Gasteiger charge is -2.16. The zero-order valence-corrected chi connectivity index (χ0v) is 18.0. The second-order valence-electron chi connectivity index (χ2n) is 5.81. The number of nitro benzene ring substituents is 1. The highest BCUT2D eigenvalue weighted by molar-refractivity contribution is 7.89. The van der Waals surface area contributed by atoms with Gasteiger partial charge in [-0.1, -0.05) is 23.2 Å². The fourth-order valence-corrected chi connectivity index (χ4v) is 3.87. The van der Waals surface area contributed by atoms with Gasteiger partial charge in [0.1, 0.15) is 5.75 Å². The van der Waals surface area contributed by atoms with Gasteiger partial charge in [0, 0.05) is 29.8 Å². The van der Waals surface area contributed by atoms with Gasteiger partial charge >= 0.3 is 0 Å². The predicted molar refractivity (Wildman–Crippen MR) is 112 cm³/mol. The van der Waals surface area contributed by atoms with E-state index in [1.165, 1.54) is 50.6 Å². The number of hydrogen-bond donors (Lipinski definition) is 1. The third kappa shape index (κ3) is 5.66. The van der Waals surface area contributed by atoms with Crippen molar-refractivity contribution in [2.75, 3.05) is 20.7 Å². The molecule has 0 atom stereocenters. The van der Waals surface area contributed by atoms with Gasteiger partial charge in [-0.3, -0.25) is 14.9 Å². The number of hydrazone groups is 1. The van der Waals surface area contributed by atoms with Crippen molar-refractivity contribution in [2.45, 2.75) is 4.90 Å². The first-order chi connectivity index (χ1) is 14.1. The van der Waals surface area contributed by atoms with Gasteiger partial charge in [-0.15, -0.1) is 0 Å². The van der Waals surface area contributed by atoms with E-state index in [4.69, 9.17) is 27.9 Å². The molecule has 10 nitrogen and oxygen atoms in total. The van der Waals surface area contributed by atoms with Crippen LogP contribution in [0.2, 0.25) is 10.0 Å². The van der Waals surface area contributed by atoms with Crippen LogP contribution in [0.25, 0.3) is 0 Å². The Hall–Kier alpha value is -2.73. The summed E-state index contributed by atoms with van der Waals surface area (Å²) in [6.07, 6.45) is 1.12. The van der Waals surface area contributed by atoms with Gasteiger partial charge in [0.25, 0.3) is 11.6 Å². The van der Waals surface area contributed by atoms with Crippen molar-refractivity contribution in [3.63, 3.8) is 0 Å². The monoisotopic (exact) mass is 474 g/mol. The molecule has 0 aromatic heterocycles. The van der Waals surface area contributed by atoms with Crippen molar-refractivity contribution >= 4 is 51.0 Å². The summed E-state index contributed by atoms with van der Waals surface area (Å²) in [4.78, 5) is 22.1. The summed E-state index contributed by atoms with van der Waals surface area (Å²) in [5.41, 5.74) is 2.15. The first-order valence-electron chi connectivity index (χ1n) is 8.12. The van der Waals surface area contributed by atoms with Gasteiger partial charge in [0.05, 0.1) is 34.7 Å². The summed E-state index contributed by atoms with van der Waals surface area (Å²) in [5, 5.41) is 14.8. The number of amides is 1. The van der Waals surface area contributed by atoms with Crippen LogP contribution in [0.4, 0.5) is 5.69 Å². The molecule has 0 fully saturated rings. The molecular formula is C17H16Cl2N4O6S. The lowest BCUT2D eigenvalue weighted by molar-refractivity contribution is -0.384. The minimum absolute atomic E-state index is 0.106. The third-order valence-electron chi connectivity index (χ3n) is 3.78. The van der Waals surface area contributed by atoms with Crippen molar-refractivity contribution in [1.82, 2.24) is 9.73 Å². The van der Waals surface area contributed by atoms with E-state index >= 15 is 0 Å². The topological polar surface area (TPSA) is 131 Å². The van der Waals surface area contributed by atoms with Gasteiger partial charge in [0.15, 0.2) is 0 Å². The van der Waals surface area contributed by atoms with E-state index in [-0.39, 0.29) is 26.2 Å². The van der Waals surface area contributed by atoms with Crippen LogP contribution in [0.5, 0.6) is 5.75 Å². The molecule has 0 bridgehead atoms. The molecule has 2 aromatic carbocycles. The molecular weight excluding hydrogens is 459 g/mol. The molecule has 160 valence electrons. The van der Waals surface area contributed by atoms with Gasteiger partial charge in [-0.2, -0.15) is 9.41 Å². The van der Waals surface area contributed by atoms with E-state index in [0.717, 1.165) is 10.5 Å². The van der Waals surface area contributed by atoms with E-state index in [9.17, 15) is 23.3 Å². The highest BCUT2D eigenvalue weighted by atomic mass is 35.5. The second kappa shape index (κ2) is 9.85. The summed E-state index contributed by atoms with van der Waals surface area (Å²) in [6, 6.07) is 7.65. The number of nitrogens with zero attached hydrogens (tertiary/aromatic N) is 3. The van der Waals surface area contributed by atoms with Crippen LogP contribution < -0.4 is 10.2 Å². The van der Waals surface area contributed by atoms with Crippen molar-refractivity contribution in [2.24, 2.45) is 5.10 Å². The number of carbonyl (C=O) groups excluding carboxylic acids is 1. The summed E-state index contributed by atoms with van der Waals surface area (Å²) in [5.74, 6) is -0.427. The molecule has 0 heterocycles. The van der Waals surface area contributed by atoms with E-state index in [0.29, 0.717) is 5.75 Å². The number of ether oxygens (including phenoxy) is 1.